The molecule has 7 heteroatoms. The van der Waals surface area contributed by atoms with E-state index in [1.54, 1.807) is 18.4 Å². The topological polar surface area (TPSA) is 84.1 Å². The van der Waals surface area contributed by atoms with Crippen LogP contribution < -0.4 is 11.1 Å². The van der Waals surface area contributed by atoms with Gasteiger partial charge in [0.1, 0.15) is 16.5 Å². The van der Waals surface area contributed by atoms with Crippen LogP contribution in [-0.2, 0) is 11.3 Å². The summed E-state index contributed by atoms with van der Waals surface area (Å²) < 4.78 is 0. The molecule has 1 aliphatic heterocycles. The molecule has 1 unspecified atom stereocenters. The van der Waals surface area contributed by atoms with E-state index in [1.807, 2.05) is 11.4 Å². The number of fused-ring (bicyclic) bond motifs is 1. The monoisotopic (exact) mass is 305 g/mol. The number of nitrogen functional groups attached to an aromatic ring is 1. The molecular formula is C14H19N5OS. The summed E-state index contributed by atoms with van der Waals surface area (Å²) in [6, 6.07) is 1.85. The van der Waals surface area contributed by atoms with Crippen molar-refractivity contribution in [3.63, 3.8) is 0 Å². The van der Waals surface area contributed by atoms with Crippen molar-refractivity contribution in [3.8, 4) is 0 Å². The van der Waals surface area contributed by atoms with Crippen LogP contribution in [0.3, 0.4) is 0 Å². The molecule has 0 aliphatic carbocycles. The number of thiophene rings is 1. The maximum Gasteiger partial charge on any atom is 0.237 e. The highest BCUT2D eigenvalue weighted by molar-refractivity contribution is 7.16. The van der Waals surface area contributed by atoms with Crippen LogP contribution in [0, 0.1) is 0 Å². The molecule has 21 heavy (non-hydrogen) atoms. The van der Waals surface area contributed by atoms with Crippen molar-refractivity contribution in [3.05, 3.63) is 17.3 Å². The standard InChI is InChI=1S/C14H19N5OS/c1-16-13(20)10-4-2-3-6-19(10)8-11-17-12(15)9-5-7-21-14(9)18-11/h5,7,10H,2-4,6,8H2,1H3,(H,16,20)(H2,15,17,18). The van der Waals surface area contributed by atoms with Crippen LogP contribution in [-0.4, -0.2) is 40.4 Å². The number of hydrogen-bond donors (Lipinski definition) is 2. The van der Waals surface area contributed by atoms with Crippen molar-refractivity contribution in [2.75, 3.05) is 19.3 Å². The second-order valence-corrected chi connectivity index (χ2v) is 6.16. The predicted molar refractivity (Wildman–Crippen MR) is 83.9 cm³/mol. The zero-order valence-electron chi connectivity index (χ0n) is 12.0. The molecule has 1 fully saturated rings. The fourth-order valence-corrected chi connectivity index (χ4v) is 3.61. The Morgan fingerprint density at radius 1 is 1.52 bits per heavy atom. The summed E-state index contributed by atoms with van der Waals surface area (Å²) in [6.45, 7) is 1.46. The number of anilines is 1. The average Bonchev–Trinajstić information content (AvgIpc) is 2.96. The third-order valence-corrected chi connectivity index (χ3v) is 4.71. The number of likely N-dealkylation sites (N-methyl/N-ethyl adjacent to an activating group) is 1. The molecular weight excluding hydrogens is 286 g/mol. The van der Waals surface area contributed by atoms with Crippen LogP contribution in [0.15, 0.2) is 11.4 Å². The first-order valence-corrected chi connectivity index (χ1v) is 8.02. The van der Waals surface area contributed by atoms with E-state index in [4.69, 9.17) is 5.73 Å². The van der Waals surface area contributed by atoms with Crippen molar-refractivity contribution in [2.24, 2.45) is 0 Å². The van der Waals surface area contributed by atoms with E-state index in [1.165, 1.54) is 0 Å². The summed E-state index contributed by atoms with van der Waals surface area (Å²) >= 11 is 1.56. The fraction of sp³-hybridized carbons (Fsp3) is 0.500. The van der Waals surface area contributed by atoms with Crippen LogP contribution in [0.25, 0.3) is 10.2 Å². The minimum Gasteiger partial charge on any atom is -0.383 e. The third kappa shape index (κ3) is 2.84. The van der Waals surface area contributed by atoms with Crippen molar-refractivity contribution < 1.29 is 4.79 Å². The molecule has 0 saturated carbocycles. The Balaban J connectivity index is 1.83. The van der Waals surface area contributed by atoms with E-state index in [0.717, 1.165) is 36.0 Å². The first-order chi connectivity index (χ1) is 10.2. The Morgan fingerprint density at radius 2 is 2.38 bits per heavy atom. The molecule has 0 spiro atoms. The highest BCUT2D eigenvalue weighted by Crippen LogP contribution is 2.24. The second-order valence-electron chi connectivity index (χ2n) is 5.26. The van der Waals surface area contributed by atoms with Crippen LogP contribution in [0.5, 0.6) is 0 Å². The summed E-state index contributed by atoms with van der Waals surface area (Å²) in [5.41, 5.74) is 5.98. The van der Waals surface area contributed by atoms with Crippen LogP contribution in [0.2, 0.25) is 0 Å². The number of rotatable bonds is 3. The highest BCUT2D eigenvalue weighted by atomic mass is 32.1. The summed E-state index contributed by atoms with van der Waals surface area (Å²) in [5, 5.41) is 5.62. The SMILES string of the molecule is CNC(=O)C1CCCCN1Cc1nc(N)c2ccsc2n1. The van der Waals surface area contributed by atoms with Crippen LogP contribution in [0.4, 0.5) is 5.82 Å². The van der Waals surface area contributed by atoms with Crippen molar-refractivity contribution >= 4 is 33.3 Å². The molecule has 2 aromatic rings. The van der Waals surface area contributed by atoms with Gasteiger partial charge in [0.25, 0.3) is 0 Å². The van der Waals surface area contributed by atoms with Gasteiger partial charge in [0.2, 0.25) is 5.91 Å². The normalized spacial score (nSPS) is 19.8. The van der Waals surface area contributed by atoms with E-state index >= 15 is 0 Å². The van der Waals surface area contributed by atoms with Gasteiger partial charge in [-0.2, -0.15) is 0 Å². The van der Waals surface area contributed by atoms with Gasteiger partial charge in [-0.15, -0.1) is 11.3 Å². The van der Waals surface area contributed by atoms with Crippen molar-refractivity contribution in [1.82, 2.24) is 20.2 Å². The Bertz CT molecular complexity index is 656. The Labute approximate surface area is 127 Å². The quantitative estimate of drug-likeness (QED) is 0.895. The average molecular weight is 305 g/mol. The zero-order chi connectivity index (χ0) is 14.8. The van der Waals surface area contributed by atoms with Gasteiger partial charge in [-0.3, -0.25) is 9.69 Å². The highest BCUT2D eigenvalue weighted by Gasteiger charge is 2.28. The minimum atomic E-state index is -0.0902. The molecule has 0 bridgehead atoms. The van der Waals surface area contributed by atoms with Gasteiger partial charge in [-0.25, -0.2) is 9.97 Å². The number of aromatic nitrogens is 2. The number of nitrogens with two attached hydrogens (primary N) is 1. The lowest BCUT2D eigenvalue weighted by Gasteiger charge is -2.33. The Kier molecular flexibility index (Phi) is 4.03. The molecule has 3 N–H and O–H groups in total. The number of amides is 1. The van der Waals surface area contributed by atoms with E-state index < -0.39 is 0 Å². The molecule has 2 aromatic heterocycles. The number of carbonyl (C=O) groups excluding carboxylic acids is 1. The zero-order valence-corrected chi connectivity index (χ0v) is 12.8. The van der Waals surface area contributed by atoms with Gasteiger partial charge in [-0.05, 0) is 30.8 Å². The molecule has 3 heterocycles. The molecule has 1 saturated heterocycles. The number of nitrogens with one attached hydrogen (secondary N) is 1. The van der Waals surface area contributed by atoms with E-state index in [0.29, 0.717) is 18.2 Å². The Morgan fingerprint density at radius 3 is 3.19 bits per heavy atom. The van der Waals surface area contributed by atoms with Crippen LogP contribution in [0.1, 0.15) is 25.1 Å². The lowest BCUT2D eigenvalue weighted by Crippen LogP contribution is -2.48. The lowest BCUT2D eigenvalue weighted by molar-refractivity contribution is -0.127. The van der Waals surface area contributed by atoms with Gasteiger partial charge in [0.15, 0.2) is 0 Å². The van der Waals surface area contributed by atoms with Crippen molar-refractivity contribution in [1.29, 1.82) is 0 Å². The first kappa shape index (κ1) is 14.2. The summed E-state index contributed by atoms with van der Waals surface area (Å²) in [7, 11) is 1.68. The summed E-state index contributed by atoms with van der Waals surface area (Å²) in [5.74, 6) is 1.28. The number of likely N-dealkylation sites (tertiary alicyclic amines) is 1. The molecule has 6 nitrogen and oxygen atoms in total. The number of hydrogen-bond acceptors (Lipinski definition) is 6. The van der Waals surface area contributed by atoms with E-state index in [-0.39, 0.29) is 11.9 Å². The third-order valence-electron chi connectivity index (χ3n) is 3.91. The first-order valence-electron chi connectivity index (χ1n) is 7.14. The van der Waals surface area contributed by atoms with Crippen molar-refractivity contribution in [2.45, 2.75) is 31.8 Å². The minimum absolute atomic E-state index is 0.0693. The lowest BCUT2D eigenvalue weighted by atomic mass is 10.0. The smallest absolute Gasteiger partial charge is 0.237 e. The molecule has 0 radical (unpaired) electrons. The van der Waals surface area contributed by atoms with Gasteiger partial charge < -0.3 is 11.1 Å². The number of nitrogens with zero attached hydrogens (tertiary/aromatic N) is 3. The molecule has 1 atom stereocenters. The number of carbonyl (C=O) groups is 1. The van der Waals surface area contributed by atoms with Crippen LogP contribution >= 0.6 is 11.3 Å². The predicted octanol–water partition coefficient (Wildman–Crippen LogP) is 1.37. The maximum absolute atomic E-state index is 12.0. The van der Waals surface area contributed by atoms with Gasteiger partial charge >= 0.3 is 0 Å². The Hall–Kier alpha value is -1.73. The van der Waals surface area contributed by atoms with E-state index in [2.05, 4.69) is 20.2 Å². The molecule has 0 aromatic carbocycles. The van der Waals surface area contributed by atoms with Gasteiger partial charge in [0.05, 0.1) is 18.0 Å². The van der Waals surface area contributed by atoms with Gasteiger partial charge in [-0.1, -0.05) is 6.42 Å². The van der Waals surface area contributed by atoms with Gasteiger partial charge in [0, 0.05) is 7.05 Å². The molecule has 3 rings (SSSR count). The van der Waals surface area contributed by atoms with E-state index in [9.17, 15) is 4.79 Å². The summed E-state index contributed by atoms with van der Waals surface area (Å²) in [6.07, 6.45) is 3.07. The second kappa shape index (κ2) is 5.95. The molecule has 112 valence electrons. The maximum atomic E-state index is 12.0. The fourth-order valence-electron chi connectivity index (χ4n) is 2.82. The largest absolute Gasteiger partial charge is 0.383 e. The molecule has 1 aliphatic rings. The molecule has 1 amide bonds. The summed E-state index contributed by atoms with van der Waals surface area (Å²) in [4.78, 5) is 24.0. The number of piperidine rings is 1.